The van der Waals surface area contributed by atoms with Crippen LogP contribution in [0.5, 0.6) is 0 Å². The lowest BCUT2D eigenvalue weighted by Crippen LogP contribution is -2.38. The summed E-state index contributed by atoms with van der Waals surface area (Å²) in [6.07, 6.45) is 0. The molecule has 3 N–H and O–H groups in total. The van der Waals surface area contributed by atoms with Crippen molar-refractivity contribution in [2.45, 2.75) is 19.9 Å². The van der Waals surface area contributed by atoms with Gasteiger partial charge in [0.15, 0.2) is 5.78 Å². The number of nitrogens with two attached hydrogens (primary N) is 1. The van der Waals surface area contributed by atoms with Crippen LogP contribution in [0, 0.1) is 0 Å². The van der Waals surface area contributed by atoms with Crippen molar-refractivity contribution >= 4 is 24.1 Å². The minimum absolute atomic E-state index is 0. The first kappa shape index (κ1) is 15.6. The van der Waals surface area contributed by atoms with Gasteiger partial charge in [-0.15, -0.1) is 12.4 Å². The normalized spacial score (nSPS) is 11.2. The molecular formula is C12H17ClN2O2. The fourth-order valence-corrected chi connectivity index (χ4v) is 1.35. The SMILES string of the molecule is CC(=O)c1ccccc1C(=O)N[C@@H](C)CN.Cl. The molecular weight excluding hydrogens is 240 g/mol. The molecule has 0 radical (unpaired) electrons. The van der Waals surface area contributed by atoms with Crippen LogP contribution < -0.4 is 11.1 Å². The molecule has 5 heteroatoms. The summed E-state index contributed by atoms with van der Waals surface area (Å²) in [5.74, 6) is -0.380. The minimum Gasteiger partial charge on any atom is -0.348 e. The molecule has 1 aromatic rings. The van der Waals surface area contributed by atoms with Crippen LogP contribution in [0.15, 0.2) is 24.3 Å². The summed E-state index contributed by atoms with van der Waals surface area (Å²) in [6.45, 7) is 3.63. The average Bonchev–Trinajstić information content (AvgIpc) is 2.28. The molecule has 1 aromatic carbocycles. The van der Waals surface area contributed by atoms with Crippen LogP contribution in [0.25, 0.3) is 0 Å². The number of hydrogen-bond acceptors (Lipinski definition) is 3. The monoisotopic (exact) mass is 256 g/mol. The Bertz CT molecular complexity index is 407. The molecule has 0 aliphatic carbocycles. The fraction of sp³-hybridized carbons (Fsp3) is 0.333. The van der Waals surface area contributed by atoms with E-state index in [2.05, 4.69) is 5.32 Å². The van der Waals surface area contributed by atoms with Crippen LogP contribution in [0.2, 0.25) is 0 Å². The summed E-state index contributed by atoms with van der Waals surface area (Å²) >= 11 is 0. The van der Waals surface area contributed by atoms with Gasteiger partial charge in [0.25, 0.3) is 5.91 Å². The van der Waals surface area contributed by atoms with Gasteiger partial charge in [-0.25, -0.2) is 0 Å². The molecule has 17 heavy (non-hydrogen) atoms. The van der Waals surface area contributed by atoms with E-state index in [1.54, 1.807) is 24.3 Å². The molecule has 0 aliphatic rings. The van der Waals surface area contributed by atoms with E-state index in [1.165, 1.54) is 6.92 Å². The van der Waals surface area contributed by atoms with Crippen molar-refractivity contribution in [3.8, 4) is 0 Å². The highest BCUT2D eigenvalue weighted by molar-refractivity contribution is 6.07. The number of halogens is 1. The third-order valence-corrected chi connectivity index (χ3v) is 2.28. The number of ketones is 1. The number of carbonyl (C=O) groups is 2. The van der Waals surface area contributed by atoms with Crippen molar-refractivity contribution in [3.63, 3.8) is 0 Å². The van der Waals surface area contributed by atoms with Crippen molar-refractivity contribution in [1.82, 2.24) is 5.32 Å². The Labute approximate surface area is 107 Å². The van der Waals surface area contributed by atoms with Gasteiger partial charge >= 0.3 is 0 Å². The smallest absolute Gasteiger partial charge is 0.252 e. The van der Waals surface area contributed by atoms with E-state index in [4.69, 9.17) is 5.73 Å². The molecule has 0 spiro atoms. The van der Waals surface area contributed by atoms with E-state index in [0.717, 1.165) is 0 Å². The van der Waals surface area contributed by atoms with Gasteiger partial charge < -0.3 is 11.1 Å². The van der Waals surface area contributed by atoms with E-state index < -0.39 is 0 Å². The number of carbonyl (C=O) groups excluding carboxylic acids is 2. The summed E-state index contributed by atoms with van der Waals surface area (Å²) in [4.78, 5) is 23.1. The van der Waals surface area contributed by atoms with Crippen LogP contribution in [0.3, 0.4) is 0 Å². The van der Waals surface area contributed by atoms with Gasteiger partial charge in [0.1, 0.15) is 0 Å². The Morgan fingerprint density at radius 2 is 1.82 bits per heavy atom. The quantitative estimate of drug-likeness (QED) is 0.800. The second-order valence-corrected chi connectivity index (χ2v) is 3.71. The largest absolute Gasteiger partial charge is 0.348 e. The zero-order valence-electron chi connectivity index (χ0n) is 9.90. The maximum Gasteiger partial charge on any atom is 0.252 e. The first-order valence-corrected chi connectivity index (χ1v) is 5.17. The number of benzene rings is 1. The number of hydrogen-bond donors (Lipinski definition) is 2. The van der Waals surface area contributed by atoms with Crippen LogP contribution in [-0.2, 0) is 0 Å². The third kappa shape index (κ3) is 4.17. The summed E-state index contributed by atoms with van der Waals surface area (Å²) < 4.78 is 0. The fourth-order valence-electron chi connectivity index (χ4n) is 1.35. The van der Waals surface area contributed by atoms with Crippen LogP contribution in [0.4, 0.5) is 0 Å². The van der Waals surface area contributed by atoms with E-state index >= 15 is 0 Å². The van der Waals surface area contributed by atoms with Gasteiger partial charge in [-0.2, -0.15) is 0 Å². The summed E-state index contributed by atoms with van der Waals surface area (Å²) in [7, 11) is 0. The van der Waals surface area contributed by atoms with Crippen molar-refractivity contribution in [2.24, 2.45) is 5.73 Å². The average molecular weight is 257 g/mol. The molecule has 94 valence electrons. The minimum atomic E-state index is -0.260. The van der Waals surface area contributed by atoms with Crippen LogP contribution in [0.1, 0.15) is 34.6 Å². The lowest BCUT2D eigenvalue weighted by atomic mass is 10.0. The highest BCUT2D eigenvalue weighted by Crippen LogP contribution is 2.09. The van der Waals surface area contributed by atoms with Crippen molar-refractivity contribution < 1.29 is 9.59 Å². The lowest BCUT2D eigenvalue weighted by Gasteiger charge is -2.12. The van der Waals surface area contributed by atoms with E-state index in [1.807, 2.05) is 6.92 Å². The summed E-state index contributed by atoms with van der Waals surface area (Å²) in [5, 5.41) is 2.72. The molecule has 1 atom stereocenters. The molecule has 0 aliphatic heterocycles. The first-order valence-electron chi connectivity index (χ1n) is 5.17. The van der Waals surface area contributed by atoms with Crippen molar-refractivity contribution in [3.05, 3.63) is 35.4 Å². The Morgan fingerprint density at radius 3 is 2.29 bits per heavy atom. The van der Waals surface area contributed by atoms with Gasteiger partial charge in [0.05, 0.1) is 5.56 Å². The van der Waals surface area contributed by atoms with E-state index in [0.29, 0.717) is 17.7 Å². The van der Waals surface area contributed by atoms with Crippen molar-refractivity contribution in [1.29, 1.82) is 0 Å². The summed E-state index contributed by atoms with van der Waals surface area (Å²) in [5.41, 5.74) is 6.25. The molecule has 0 unspecified atom stereocenters. The molecule has 0 aromatic heterocycles. The molecule has 4 nitrogen and oxygen atoms in total. The van der Waals surface area contributed by atoms with E-state index in [-0.39, 0.29) is 30.1 Å². The zero-order chi connectivity index (χ0) is 12.1. The molecule has 0 heterocycles. The van der Waals surface area contributed by atoms with E-state index in [9.17, 15) is 9.59 Å². The van der Waals surface area contributed by atoms with Crippen LogP contribution >= 0.6 is 12.4 Å². The van der Waals surface area contributed by atoms with Gasteiger partial charge in [-0.1, -0.05) is 18.2 Å². The van der Waals surface area contributed by atoms with Gasteiger partial charge in [0.2, 0.25) is 0 Å². The Balaban J connectivity index is 0.00000256. The zero-order valence-corrected chi connectivity index (χ0v) is 10.7. The molecule has 1 rings (SSSR count). The number of nitrogens with one attached hydrogen (secondary N) is 1. The van der Waals surface area contributed by atoms with Gasteiger partial charge in [0, 0.05) is 18.2 Å². The summed E-state index contributed by atoms with van der Waals surface area (Å²) in [6, 6.07) is 6.64. The van der Waals surface area contributed by atoms with Gasteiger partial charge in [-0.3, -0.25) is 9.59 Å². The first-order chi connectivity index (χ1) is 7.56. The Hall–Kier alpha value is -1.39. The molecule has 0 saturated carbocycles. The molecule has 1 amide bonds. The topological polar surface area (TPSA) is 72.2 Å². The second-order valence-electron chi connectivity index (χ2n) is 3.71. The second kappa shape index (κ2) is 7.04. The van der Waals surface area contributed by atoms with Crippen molar-refractivity contribution in [2.75, 3.05) is 6.54 Å². The third-order valence-electron chi connectivity index (χ3n) is 2.28. The molecule has 0 bridgehead atoms. The maximum atomic E-state index is 11.8. The standard InChI is InChI=1S/C12H16N2O2.ClH/c1-8(7-13)14-12(16)11-6-4-3-5-10(11)9(2)15;/h3-6,8H,7,13H2,1-2H3,(H,14,16);1H/t8-;/m0./s1. The predicted molar refractivity (Wildman–Crippen MR) is 69.7 cm³/mol. The number of Topliss-reactive ketones (excluding diaryl/α,β-unsaturated/α-hetero) is 1. The predicted octanol–water partition coefficient (Wildman–Crippen LogP) is 1.39. The lowest BCUT2D eigenvalue weighted by molar-refractivity contribution is 0.0928. The number of amides is 1. The highest BCUT2D eigenvalue weighted by Gasteiger charge is 2.14. The van der Waals surface area contributed by atoms with Crippen LogP contribution in [-0.4, -0.2) is 24.3 Å². The number of rotatable bonds is 4. The molecule has 0 fully saturated rings. The highest BCUT2D eigenvalue weighted by atomic mass is 35.5. The maximum absolute atomic E-state index is 11.8. The Kier molecular flexibility index (Phi) is 6.46. The Morgan fingerprint density at radius 1 is 1.29 bits per heavy atom. The van der Waals surface area contributed by atoms with Gasteiger partial charge in [-0.05, 0) is 19.9 Å². The molecule has 0 saturated heterocycles.